The molecule has 1 atom stereocenters. The molecule has 0 aliphatic carbocycles. The second-order valence-corrected chi connectivity index (χ2v) is 6.57. The Morgan fingerprint density at radius 3 is 3.04 bits per heavy atom. The minimum atomic E-state index is 0.0291. The fourth-order valence-electron chi connectivity index (χ4n) is 3.56. The zero-order valence-electron chi connectivity index (χ0n) is 15.2. The maximum atomic E-state index is 12.5. The lowest BCUT2D eigenvalue weighted by molar-refractivity contribution is -0.125. The number of carbonyl (C=O) groups is 1. The Morgan fingerprint density at radius 2 is 2.24 bits per heavy atom. The fraction of sp³-hybridized carbons (Fsp3) is 0.579. The summed E-state index contributed by atoms with van der Waals surface area (Å²) in [5, 5.41) is 3.04. The van der Waals surface area contributed by atoms with Gasteiger partial charge in [0.2, 0.25) is 11.9 Å². The Morgan fingerprint density at radius 1 is 1.40 bits per heavy atom. The first-order chi connectivity index (χ1) is 12.2. The van der Waals surface area contributed by atoms with Crippen LogP contribution in [-0.2, 0) is 16.1 Å². The summed E-state index contributed by atoms with van der Waals surface area (Å²) in [6, 6.07) is 8.23. The second-order valence-electron chi connectivity index (χ2n) is 6.57. The molecule has 0 unspecified atom stereocenters. The highest BCUT2D eigenvalue weighted by Gasteiger charge is 2.28. The van der Waals surface area contributed by atoms with Crippen LogP contribution < -0.4 is 10.2 Å². The van der Waals surface area contributed by atoms with Crippen LogP contribution in [0.25, 0.3) is 11.0 Å². The SMILES string of the molecule is CCn1c(N2CCC[C@@H](C(=O)NCCCOC)C2)nc2ccccc21. The second kappa shape index (κ2) is 8.34. The molecule has 1 aliphatic rings. The van der Waals surface area contributed by atoms with Crippen LogP contribution in [0.3, 0.4) is 0 Å². The van der Waals surface area contributed by atoms with Gasteiger partial charge in [-0.25, -0.2) is 4.98 Å². The lowest BCUT2D eigenvalue weighted by Crippen LogP contribution is -2.44. The summed E-state index contributed by atoms with van der Waals surface area (Å²) in [4.78, 5) is 19.6. The van der Waals surface area contributed by atoms with Crippen LogP contribution in [0.5, 0.6) is 0 Å². The van der Waals surface area contributed by atoms with E-state index in [0.29, 0.717) is 13.2 Å². The van der Waals surface area contributed by atoms with Crippen LogP contribution in [0.15, 0.2) is 24.3 Å². The monoisotopic (exact) mass is 344 g/mol. The summed E-state index contributed by atoms with van der Waals surface area (Å²) in [7, 11) is 1.68. The number of fused-ring (bicyclic) bond motifs is 1. The van der Waals surface area contributed by atoms with Crippen molar-refractivity contribution in [1.82, 2.24) is 14.9 Å². The number of anilines is 1. The van der Waals surface area contributed by atoms with Gasteiger partial charge in [-0.05, 0) is 38.3 Å². The quantitative estimate of drug-likeness (QED) is 0.784. The van der Waals surface area contributed by atoms with Crippen molar-refractivity contribution < 1.29 is 9.53 Å². The highest BCUT2D eigenvalue weighted by atomic mass is 16.5. The molecule has 1 aliphatic heterocycles. The van der Waals surface area contributed by atoms with Crippen LogP contribution in [0.1, 0.15) is 26.2 Å². The summed E-state index contributed by atoms with van der Waals surface area (Å²) in [6.45, 7) is 6.06. The first-order valence-electron chi connectivity index (χ1n) is 9.21. The Bertz CT molecular complexity index is 713. The summed E-state index contributed by atoms with van der Waals surface area (Å²) in [5.74, 6) is 1.17. The number of amides is 1. The van der Waals surface area contributed by atoms with E-state index in [1.165, 1.54) is 0 Å². The number of carbonyl (C=O) groups excluding carboxylic acids is 1. The summed E-state index contributed by atoms with van der Waals surface area (Å²) in [6.07, 6.45) is 2.81. The minimum Gasteiger partial charge on any atom is -0.385 e. The van der Waals surface area contributed by atoms with Gasteiger partial charge in [-0.3, -0.25) is 4.79 Å². The Hall–Kier alpha value is -2.08. The molecule has 0 spiro atoms. The first-order valence-corrected chi connectivity index (χ1v) is 9.21. The molecule has 1 aromatic carbocycles. The molecule has 6 nitrogen and oxygen atoms in total. The van der Waals surface area contributed by atoms with Crippen molar-refractivity contribution in [2.45, 2.75) is 32.7 Å². The Kier molecular flexibility index (Phi) is 5.91. The number of rotatable bonds is 7. The van der Waals surface area contributed by atoms with Gasteiger partial charge >= 0.3 is 0 Å². The minimum absolute atomic E-state index is 0.0291. The molecule has 0 saturated carbocycles. The van der Waals surface area contributed by atoms with Gasteiger partial charge < -0.3 is 19.5 Å². The van der Waals surface area contributed by atoms with Crippen LogP contribution in [-0.4, -0.2) is 48.8 Å². The number of hydrogen-bond donors (Lipinski definition) is 1. The van der Waals surface area contributed by atoms with E-state index >= 15 is 0 Å². The predicted molar refractivity (Wildman–Crippen MR) is 99.8 cm³/mol. The zero-order valence-corrected chi connectivity index (χ0v) is 15.2. The fourth-order valence-corrected chi connectivity index (χ4v) is 3.56. The highest BCUT2D eigenvalue weighted by molar-refractivity contribution is 5.81. The number of imidazole rings is 1. The van der Waals surface area contributed by atoms with Gasteiger partial charge in [-0.1, -0.05) is 12.1 Å². The lowest BCUT2D eigenvalue weighted by atomic mass is 9.97. The normalized spacial score (nSPS) is 17.8. The van der Waals surface area contributed by atoms with E-state index in [0.717, 1.165) is 55.9 Å². The number of aryl methyl sites for hydroxylation is 1. The van der Waals surface area contributed by atoms with Crippen molar-refractivity contribution >= 4 is 22.9 Å². The lowest BCUT2D eigenvalue weighted by Gasteiger charge is -2.33. The van der Waals surface area contributed by atoms with Crippen LogP contribution >= 0.6 is 0 Å². The molecule has 0 radical (unpaired) electrons. The van der Waals surface area contributed by atoms with E-state index in [4.69, 9.17) is 9.72 Å². The third-order valence-corrected chi connectivity index (χ3v) is 4.85. The number of para-hydroxylation sites is 2. The van der Waals surface area contributed by atoms with Gasteiger partial charge in [-0.15, -0.1) is 0 Å². The number of ether oxygens (including phenoxy) is 1. The van der Waals surface area contributed by atoms with E-state index in [-0.39, 0.29) is 11.8 Å². The van der Waals surface area contributed by atoms with Crippen molar-refractivity contribution in [3.05, 3.63) is 24.3 Å². The zero-order chi connectivity index (χ0) is 17.6. The molecule has 1 fully saturated rings. The number of methoxy groups -OCH3 is 1. The number of nitrogens with zero attached hydrogens (tertiary/aromatic N) is 3. The summed E-state index contributed by atoms with van der Waals surface area (Å²) in [5.41, 5.74) is 2.18. The third-order valence-electron chi connectivity index (χ3n) is 4.85. The molecular weight excluding hydrogens is 316 g/mol. The van der Waals surface area contributed by atoms with Gasteiger partial charge in [0.1, 0.15) is 0 Å². The average molecular weight is 344 g/mol. The molecule has 1 saturated heterocycles. The Labute approximate surface area is 149 Å². The van der Waals surface area contributed by atoms with Gasteiger partial charge in [-0.2, -0.15) is 0 Å². The molecule has 1 amide bonds. The van der Waals surface area contributed by atoms with Crippen molar-refractivity contribution in [2.75, 3.05) is 38.3 Å². The van der Waals surface area contributed by atoms with E-state index in [1.54, 1.807) is 7.11 Å². The Balaban J connectivity index is 1.70. The number of piperidine rings is 1. The van der Waals surface area contributed by atoms with E-state index in [1.807, 2.05) is 12.1 Å². The molecule has 0 bridgehead atoms. The topological polar surface area (TPSA) is 59.4 Å². The maximum Gasteiger partial charge on any atom is 0.224 e. The standard InChI is InChI=1S/C19H28N4O2/c1-3-23-17-10-5-4-9-16(17)21-19(23)22-12-6-8-15(14-22)18(24)20-11-7-13-25-2/h4-5,9-10,15H,3,6-8,11-14H2,1-2H3,(H,20,24)/t15-/m1/s1. The van der Waals surface area contributed by atoms with Crippen molar-refractivity contribution in [2.24, 2.45) is 5.92 Å². The molecule has 6 heteroatoms. The van der Waals surface area contributed by atoms with Crippen LogP contribution in [0.2, 0.25) is 0 Å². The number of aromatic nitrogens is 2. The smallest absolute Gasteiger partial charge is 0.224 e. The number of hydrogen-bond acceptors (Lipinski definition) is 4. The van der Waals surface area contributed by atoms with Gasteiger partial charge in [0.05, 0.1) is 17.0 Å². The molecule has 1 N–H and O–H groups in total. The summed E-state index contributed by atoms with van der Waals surface area (Å²) < 4.78 is 7.27. The van der Waals surface area contributed by atoms with E-state index < -0.39 is 0 Å². The van der Waals surface area contributed by atoms with Gasteiger partial charge in [0.25, 0.3) is 0 Å². The predicted octanol–water partition coefficient (Wildman–Crippen LogP) is 2.43. The summed E-state index contributed by atoms with van der Waals surface area (Å²) >= 11 is 0. The van der Waals surface area contributed by atoms with E-state index in [9.17, 15) is 4.79 Å². The van der Waals surface area contributed by atoms with Crippen LogP contribution in [0.4, 0.5) is 5.95 Å². The highest BCUT2D eigenvalue weighted by Crippen LogP contribution is 2.27. The van der Waals surface area contributed by atoms with E-state index in [2.05, 4.69) is 33.8 Å². The maximum absolute atomic E-state index is 12.5. The largest absolute Gasteiger partial charge is 0.385 e. The molecule has 3 rings (SSSR count). The molecule has 2 heterocycles. The molecule has 2 aromatic rings. The van der Waals surface area contributed by atoms with Crippen molar-refractivity contribution in [1.29, 1.82) is 0 Å². The van der Waals surface area contributed by atoms with Crippen LogP contribution in [0, 0.1) is 5.92 Å². The third kappa shape index (κ3) is 3.95. The van der Waals surface area contributed by atoms with Gasteiger partial charge in [0, 0.05) is 39.9 Å². The molecule has 25 heavy (non-hydrogen) atoms. The van der Waals surface area contributed by atoms with Crippen molar-refractivity contribution in [3.8, 4) is 0 Å². The number of nitrogens with one attached hydrogen (secondary N) is 1. The average Bonchev–Trinajstić information content (AvgIpc) is 3.04. The molecule has 1 aromatic heterocycles. The molecular formula is C19H28N4O2. The molecule has 136 valence electrons. The van der Waals surface area contributed by atoms with Crippen molar-refractivity contribution in [3.63, 3.8) is 0 Å². The first kappa shape index (κ1) is 17.7. The number of benzene rings is 1. The van der Waals surface area contributed by atoms with Gasteiger partial charge in [0.15, 0.2) is 0 Å².